The number of hydrogen-bond acceptors (Lipinski definition) is 5. The quantitative estimate of drug-likeness (QED) is 0.826. The van der Waals surface area contributed by atoms with Gasteiger partial charge in [-0.3, -0.25) is 0 Å². The fraction of sp³-hybridized carbons (Fsp3) is 0.571. The molecule has 0 spiro atoms. The third-order valence-electron chi connectivity index (χ3n) is 3.82. The first-order chi connectivity index (χ1) is 9.75. The molecular formula is C14H21NO5S. The molecule has 1 aliphatic rings. The van der Waals surface area contributed by atoms with Gasteiger partial charge in [-0.25, -0.2) is 13.1 Å². The number of rotatable bonds is 6. The smallest absolute Gasteiger partial charge is 0.240 e. The summed E-state index contributed by atoms with van der Waals surface area (Å²) >= 11 is 0. The number of ether oxygens (including phenoxy) is 2. The number of nitrogens with one attached hydrogen (secondary N) is 1. The predicted molar refractivity (Wildman–Crippen MR) is 78.0 cm³/mol. The SMILES string of the molecule is COc1cc(S(=O)(=O)NC2CC2(C)C)cc(CO)c1OC. The molecule has 0 amide bonds. The molecule has 2 rings (SSSR count). The van der Waals surface area contributed by atoms with Gasteiger partial charge in [0.2, 0.25) is 10.0 Å². The van der Waals surface area contributed by atoms with Crippen molar-refractivity contribution >= 4 is 10.0 Å². The van der Waals surface area contributed by atoms with Gasteiger partial charge in [0.1, 0.15) is 0 Å². The molecule has 0 aliphatic heterocycles. The number of sulfonamides is 1. The van der Waals surface area contributed by atoms with Gasteiger partial charge in [0.05, 0.1) is 25.7 Å². The molecule has 2 N–H and O–H groups in total. The van der Waals surface area contributed by atoms with Gasteiger partial charge in [-0.05, 0) is 17.9 Å². The van der Waals surface area contributed by atoms with Gasteiger partial charge in [-0.1, -0.05) is 13.8 Å². The summed E-state index contributed by atoms with van der Waals surface area (Å²) in [5.74, 6) is 0.616. The van der Waals surface area contributed by atoms with Crippen molar-refractivity contribution in [2.75, 3.05) is 14.2 Å². The first kappa shape index (κ1) is 16.1. The average molecular weight is 315 g/mol. The Labute approximate surface area is 125 Å². The van der Waals surface area contributed by atoms with Crippen molar-refractivity contribution in [3.8, 4) is 11.5 Å². The summed E-state index contributed by atoms with van der Waals surface area (Å²) in [6.45, 7) is 3.68. The van der Waals surface area contributed by atoms with Crippen LogP contribution in [0.25, 0.3) is 0 Å². The van der Waals surface area contributed by atoms with Crippen LogP contribution in [0.1, 0.15) is 25.8 Å². The van der Waals surface area contributed by atoms with Crippen molar-refractivity contribution in [1.29, 1.82) is 0 Å². The Kier molecular flexibility index (Phi) is 4.19. The maximum absolute atomic E-state index is 12.4. The van der Waals surface area contributed by atoms with Crippen molar-refractivity contribution in [2.24, 2.45) is 5.41 Å². The van der Waals surface area contributed by atoms with Crippen LogP contribution in [0.15, 0.2) is 17.0 Å². The van der Waals surface area contributed by atoms with Crippen LogP contribution in [0, 0.1) is 5.41 Å². The van der Waals surface area contributed by atoms with Gasteiger partial charge in [0, 0.05) is 17.7 Å². The lowest BCUT2D eigenvalue weighted by Crippen LogP contribution is -2.28. The number of aliphatic hydroxyl groups excluding tert-OH is 1. The lowest BCUT2D eigenvalue weighted by molar-refractivity contribution is 0.269. The standard InChI is InChI=1S/C14H21NO5S/c1-14(2)7-12(14)15-21(17,18)10-5-9(8-16)13(20-4)11(6-10)19-3/h5-6,12,15-16H,7-8H2,1-4H3. The number of aliphatic hydroxyl groups is 1. The molecule has 1 saturated carbocycles. The van der Waals surface area contributed by atoms with E-state index in [2.05, 4.69) is 4.72 Å². The molecule has 7 heteroatoms. The Morgan fingerprint density at radius 2 is 1.95 bits per heavy atom. The molecule has 1 unspecified atom stereocenters. The molecular weight excluding hydrogens is 294 g/mol. The summed E-state index contributed by atoms with van der Waals surface area (Å²) in [7, 11) is -0.791. The van der Waals surface area contributed by atoms with Gasteiger partial charge in [-0.2, -0.15) is 0 Å². The van der Waals surface area contributed by atoms with E-state index in [1.165, 1.54) is 26.4 Å². The zero-order valence-corrected chi connectivity index (χ0v) is 13.5. The van der Waals surface area contributed by atoms with Crippen LogP contribution in [0.4, 0.5) is 0 Å². The van der Waals surface area contributed by atoms with Crippen LogP contribution in [-0.2, 0) is 16.6 Å². The minimum absolute atomic E-state index is 0.0105. The molecule has 1 aliphatic carbocycles. The molecule has 0 saturated heterocycles. The van der Waals surface area contributed by atoms with Gasteiger partial charge >= 0.3 is 0 Å². The normalized spacial score (nSPS) is 20.1. The molecule has 118 valence electrons. The second kappa shape index (κ2) is 5.47. The van der Waals surface area contributed by atoms with Crippen molar-refractivity contribution in [3.63, 3.8) is 0 Å². The predicted octanol–water partition coefficient (Wildman–Crippen LogP) is 1.27. The van der Waals surface area contributed by atoms with Crippen molar-refractivity contribution in [3.05, 3.63) is 17.7 Å². The lowest BCUT2D eigenvalue weighted by atomic mass is 10.2. The minimum atomic E-state index is -3.65. The Morgan fingerprint density at radius 1 is 1.33 bits per heavy atom. The Hall–Kier alpha value is -1.31. The minimum Gasteiger partial charge on any atom is -0.493 e. The molecule has 0 aromatic heterocycles. The Bertz CT molecular complexity index is 614. The summed E-state index contributed by atoms with van der Waals surface area (Å²) in [5.41, 5.74) is 0.357. The van der Waals surface area contributed by atoms with E-state index < -0.39 is 10.0 Å². The highest BCUT2D eigenvalue weighted by molar-refractivity contribution is 7.89. The van der Waals surface area contributed by atoms with Gasteiger partial charge in [0.15, 0.2) is 11.5 Å². The maximum atomic E-state index is 12.4. The van der Waals surface area contributed by atoms with E-state index in [1.54, 1.807) is 0 Å². The molecule has 0 radical (unpaired) electrons. The van der Waals surface area contributed by atoms with Crippen LogP contribution >= 0.6 is 0 Å². The molecule has 21 heavy (non-hydrogen) atoms. The van der Waals surface area contributed by atoms with Crippen LogP contribution < -0.4 is 14.2 Å². The molecule has 1 aromatic carbocycles. The molecule has 1 aromatic rings. The largest absolute Gasteiger partial charge is 0.493 e. The highest BCUT2D eigenvalue weighted by Crippen LogP contribution is 2.45. The topological polar surface area (TPSA) is 84.9 Å². The van der Waals surface area contributed by atoms with E-state index in [1.807, 2.05) is 13.8 Å². The highest BCUT2D eigenvalue weighted by Gasteiger charge is 2.48. The van der Waals surface area contributed by atoms with E-state index in [0.29, 0.717) is 11.3 Å². The molecule has 1 atom stereocenters. The van der Waals surface area contributed by atoms with Crippen LogP contribution in [0.5, 0.6) is 11.5 Å². The van der Waals surface area contributed by atoms with E-state index in [-0.39, 0.29) is 28.7 Å². The molecule has 6 nitrogen and oxygen atoms in total. The average Bonchev–Trinajstić information content (AvgIpc) is 3.02. The Morgan fingerprint density at radius 3 is 2.38 bits per heavy atom. The number of methoxy groups -OCH3 is 2. The van der Waals surface area contributed by atoms with Crippen molar-refractivity contribution in [2.45, 2.75) is 37.8 Å². The second-order valence-corrected chi connectivity index (χ2v) is 7.56. The highest BCUT2D eigenvalue weighted by atomic mass is 32.2. The summed E-state index contributed by atoms with van der Waals surface area (Å²) < 4.78 is 37.8. The second-order valence-electron chi connectivity index (χ2n) is 5.84. The van der Waals surface area contributed by atoms with E-state index >= 15 is 0 Å². The zero-order valence-electron chi connectivity index (χ0n) is 12.6. The van der Waals surface area contributed by atoms with E-state index in [4.69, 9.17) is 9.47 Å². The van der Waals surface area contributed by atoms with Crippen molar-refractivity contribution in [1.82, 2.24) is 4.72 Å². The number of hydrogen-bond donors (Lipinski definition) is 2. The maximum Gasteiger partial charge on any atom is 0.240 e. The Balaban J connectivity index is 2.39. The number of benzene rings is 1. The van der Waals surface area contributed by atoms with Gasteiger partial charge in [-0.15, -0.1) is 0 Å². The van der Waals surface area contributed by atoms with Crippen LogP contribution in [-0.4, -0.2) is 33.8 Å². The van der Waals surface area contributed by atoms with Crippen LogP contribution in [0.2, 0.25) is 0 Å². The summed E-state index contributed by atoms with van der Waals surface area (Å²) in [6, 6.07) is 2.74. The summed E-state index contributed by atoms with van der Waals surface area (Å²) in [5, 5.41) is 9.39. The molecule has 1 fully saturated rings. The van der Waals surface area contributed by atoms with Gasteiger partial charge in [0.25, 0.3) is 0 Å². The lowest BCUT2D eigenvalue weighted by Gasteiger charge is -2.15. The fourth-order valence-corrected chi connectivity index (χ4v) is 3.68. The first-order valence-electron chi connectivity index (χ1n) is 6.63. The zero-order chi connectivity index (χ0) is 15.8. The summed E-state index contributed by atoms with van der Waals surface area (Å²) in [4.78, 5) is 0.0619. The van der Waals surface area contributed by atoms with Gasteiger partial charge < -0.3 is 14.6 Å². The summed E-state index contributed by atoms with van der Waals surface area (Å²) in [6.07, 6.45) is 0.812. The van der Waals surface area contributed by atoms with E-state index in [0.717, 1.165) is 6.42 Å². The fourth-order valence-electron chi connectivity index (χ4n) is 2.21. The van der Waals surface area contributed by atoms with E-state index in [9.17, 15) is 13.5 Å². The molecule has 0 bridgehead atoms. The van der Waals surface area contributed by atoms with Crippen LogP contribution in [0.3, 0.4) is 0 Å². The third-order valence-corrected chi connectivity index (χ3v) is 5.27. The van der Waals surface area contributed by atoms with Crippen molar-refractivity contribution < 1.29 is 23.0 Å². The monoisotopic (exact) mass is 315 g/mol. The third kappa shape index (κ3) is 3.14. The molecule has 0 heterocycles. The first-order valence-corrected chi connectivity index (χ1v) is 8.11.